The third-order valence-electron chi connectivity index (χ3n) is 4.16. The number of benzene rings is 3. The van der Waals surface area contributed by atoms with Gasteiger partial charge in [-0.3, -0.25) is 9.59 Å². The van der Waals surface area contributed by atoms with E-state index in [9.17, 15) is 9.59 Å². The molecule has 0 radical (unpaired) electrons. The van der Waals surface area contributed by atoms with Crippen molar-refractivity contribution in [1.29, 1.82) is 0 Å². The molecular weight excluding hydrogens is 378 g/mol. The number of rotatable bonds is 6. The van der Waals surface area contributed by atoms with Gasteiger partial charge in [-0.2, -0.15) is 0 Å². The minimum absolute atomic E-state index is 0.231. The molecule has 0 fully saturated rings. The third kappa shape index (κ3) is 4.15. The van der Waals surface area contributed by atoms with Crippen LogP contribution in [0.5, 0.6) is 11.5 Å². The Labute approximate surface area is 167 Å². The molecule has 142 valence electrons. The summed E-state index contributed by atoms with van der Waals surface area (Å²) in [4.78, 5) is 25.6. The number of methoxy groups -OCH3 is 2. The Morgan fingerprint density at radius 1 is 0.821 bits per heavy atom. The molecule has 3 rings (SSSR count). The fourth-order valence-electron chi connectivity index (χ4n) is 2.73. The van der Waals surface area contributed by atoms with E-state index in [0.717, 1.165) is 0 Å². The zero-order chi connectivity index (χ0) is 20.1. The molecule has 5 nitrogen and oxygen atoms in total. The van der Waals surface area contributed by atoms with E-state index < -0.39 is 0 Å². The maximum atomic E-state index is 12.9. The summed E-state index contributed by atoms with van der Waals surface area (Å²) in [6, 6.07) is 18.4. The lowest BCUT2D eigenvalue weighted by Gasteiger charge is -2.13. The van der Waals surface area contributed by atoms with Gasteiger partial charge in [-0.05, 0) is 36.4 Å². The van der Waals surface area contributed by atoms with Crippen LogP contribution in [0.3, 0.4) is 0 Å². The van der Waals surface area contributed by atoms with Crippen LogP contribution in [-0.4, -0.2) is 25.9 Å². The number of hydrogen-bond acceptors (Lipinski definition) is 4. The Balaban J connectivity index is 1.92. The molecule has 0 aliphatic rings. The second-order valence-corrected chi connectivity index (χ2v) is 6.35. The number of hydrogen-bond donors (Lipinski definition) is 1. The van der Waals surface area contributed by atoms with Crippen LogP contribution >= 0.6 is 11.6 Å². The average molecular weight is 396 g/mol. The zero-order valence-corrected chi connectivity index (χ0v) is 16.1. The number of anilines is 1. The number of amides is 1. The molecule has 0 bridgehead atoms. The Morgan fingerprint density at radius 2 is 1.54 bits per heavy atom. The monoisotopic (exact) mass is 395 g/mol. The van der Waals surface area contributed by atoms with Gasteiger partial charge >= 0.3 is 0 Å². The summed E-state index contributed by atoms with van der Waals surface area (Å²) in [7, 11) is 3.02. The van der Waals surface area contributed by atoms with Crippen LogP contribution in [0.1, 0.15) is 26.3 Å². The largest absolute Gasteiger partial charge is 0.493 e. The SMILES string of the molecule is COc1ccc(C(=O)Nc2ccc(Cl)cc2C(=O)c2ccccc2)cc1OC. The lowest BCUT2D eigenvalue weighted by molar-refractivity contribution is 0.102. The van der Waals surface area contributed by atoms with E-state index in [-0.39, 0.29) is 11.7 Å². The predicted molar refractivity (Wildman–Crippen MR) is 109 cm³/mol. The Hall–Kier alpha value is -3.31. The molecule has 0 atom stereocenters. The van der Waals surface area contributed by atoms with Crippen LogP contribution in [0, 0.1) is 0 Å². The summed E-state index contributed by atoms with van der Waals surface area (Å²) in [5, 5.41) is 3.18. The van der Waals surface area contributed by atoms with Crippen molar-refractivity contribution in [2.24, 2.45) is 0 Å². The molecule has 0 aliphatic heterocycles. The highest BCUT2D eigenvalue weighted by molar-refractivity contribution is 6.31. The highest BCUT2D eigenvalue weighted by atomic mass is 35.5. The number of carbonyl (C=O) groups excluding carboxylic acids is 2. The molecule has 6 heteroatoms. The number of nitrogens with one attached hydrogen (secondary N) is 1. The van der Waals surface area contributed by atoms with Crippen LogP contribution in [0.2, 0.25) is 5.02 Å². The smallest absolute Gasteiger partial charge is 0.255 e. The molecule has 3 aromatic carbocycles. The summed E-state index contributed by atoms with van der Waals surface area (Å²) < 4.78 is 10.4. The van der Waals surface area contributed by atoms with Gasteiger partial charge in [0.05, 0.1) is 19.9 Å². The summed E-state index contributed by atoms with van der Waals surface area (Å²) >= 11 is 6.08. The van der Waals surface area contributed by atoms with E-state index >= 15 is 0 Å². The zero-order valence-electron chi connectivity index (χ0n) is 15.4. The summed E-state index contributed by atoms with van der Waals surface area (Å²) in [6.07, 6.45) is 0. The van der Waals surface area contributed by atoms with Crippen molar-refractivity contribution in [3.8, 4) is 11.5 Å². The molecule has 0 unspecified atom stereocenters. The minimum atomic E-state index is -0.384. The van der Waals surface area contributed by atoms with Crippen molar-refractivity contribution >= 4 is 29.0 Å². The van der Waals surface area contributed by atoms with Crippen LogP contribution in [0.4, 0.5) is 5.69 Å². The van der Waals surface area contributed by atoms with E-state index in [1.54, 1.807) is 60.7 Å². The van der Waals surface area contributed by atoms with Gasteiger partial charge in [0.25, 0.3) is 5.91 Å². The van der Waals surface area contributed by atoms with Gasteiger partial charge in [0.15, 0.2) is 17.3 Å². The Morgan fingerprint density at radius 3 is 2.21 bits per heavy atom. The second kappa shape index (κ2) is 8.59. The van der Waals surface area contributed by atoms with Gasteiger partial charge in [-0.15, -0.1) is 0 Å². The Kier molecular flexibility index (Phi) is 5.96. The Bertz CT molecular complexity index is 1020. The highest BCUT2D eigenvalue weighted by Gasteiger charge is 2.17. The molecule has 0 aromatic heterocycles. The molecule has 0 saturated carbocycles. The van der Waals surface area contributed by atoms with Crippen molar-refractivity contribution in [3.63, 3.8) is 0 Å². The van der Waals surface area contributed by atoms with Gasteiger partial charge in [-0.25, -0.2) is 0 Å². The lowest BCUT2D eigenvalue weighted by atomic mass is 10.0. The van der Waals surface area contributed by atoms with Gasteiger partial charge in [-0.1, -0.05) is 41.9 Å². The minimum Gasteiger partial charge on any atom is -0.493 e. The van der Waals surface area contributed by atoms with Crippen LogP contribution in [-0.2, 0) is 0 Å². The first-order chi connectivity index (χ1) is 13.5. The first kappa shape index (κ1) is 19.5. The first-order valence-electron chi connectivity index (χ1n) is 8.46. The van der Waals surface area contributed by atoms with Crippen molar-refractivity contribution < 1.29 is 19.1 Å². The van der Waals surface area contributed by atoms with E-state index in [2.05, 4.69) is 5.32 Å². The molecule has 28 heavy (non-hydrogen) atoms. The van der Waals surface area contributed by atoms with Crippen LogP contribution in [0.15, 0.2) is 66.7 Å². The van der Waals surface area contributed by atoms with Crippen molar-refractivity contribution in [2.75, 3.05) is 19.5 Å². The van der Waals surface area contributed by atoms with Gasteiger partial charge in [0, 0.05) is 21.7 Å². The van der Waals surface area contributed by atoms with Crippen LogP contribution < -0.4 is 14.8 Å². The quantitative estimate of drug-likeness (QED) is 0.606. The second-order valence-electron chi connectivity index (χ2n) is 5.91. The average Bonchev–Trinajstić information content (AvgIpc) is 2.74. The number of halogens is 1. The van der Waals surface area contributed by atoms with Crippen molar-refractivity contribution in [1.82, 2.24) is 0 Å². The van der Waals surface area contributed by atoms with E-state index in [1.165, 1.54) is 14.2 Å². The molecule has 0 heterocycles. The molecule has 1 N–H and O–H groups in total. The maximum Gasteiger partial charge on any atom is 0.255 e. The normalized spacial score (nSPS) is 10.2. The molecule has 3 aromatic rings. The summed E-state index contributed by atoms with van der Waals surface area (Å²) in [5.74, 6) is 0.341. The molecule has 1 amide bonds. The summed E-state index contributed by atoms with van der Waals surface area (Å²) in [6.45, 7) is 0. The van der Waals surface area contributed by atoms with E-state index in [1.807, 2.05) is 6.07 Å². The number of carbonyl (C=O) groups is 2. The standard InChI is InChI=1S/C22H18ClNO4/c1-27-19-11-8-15(12-20(19)28-2)22(26)24-18-10-9-16(23)13-17(18)21(25)14-6-4-3-5-7-14/h3-13H,1-2H3,(H,24,26). The maximum absolute atomic E-state index is 12.9. The fourth-order valence-corrected chi connectivity index (χ4v) is 2.90. The number of ether oxygens (including phenoxy) is 2. The third-order valence-corrected chi connectivity index (χ3v) is 4.39. The van der Waals surface area contributed by atoms with Crippen molar-refractivity contribution in [3.05, 3.63) is 88.4 Å². The topological polar surface area (TPSA) is 64.6 Å². The fraction of sp³-hybridized carbons (Fsp3) is 0.0909. The van der Waals surface area contributed by atoms with Crippen LogP contribution in [0.25, 0.3) is 0 Å². The summed E-state index contributed by atoms with van der Waals surface area (Å²) in [5.41, 5.74) is 1.56. The van der Waals surface area contributed by atoms with Gasteiger partial charge < -0.3 is 14.8 Å². The van der Waals surface area contributed by atoms with E-state index in [0.29, 0.717) is 38.9 Å². The van der Waals surface area contributed by atoms with Gasteiger partial charge in [0.1, 0.15) is 0 Å². The molecule has 0 spiro atoms. The van der Waals surface area contributed by atoms with Gasteiger partial charge in [0.2, 0.25) is 0 Å². The molecule has 0 saturated heterocycles. The first-order valence-corrected chi connectivity index (χ1v) is 8.84. The van der Waals surface area contributed by atoms with E-state index in [4.69, 9.17) is 21.1 Å². The predicted octanol–water partition coefficient (Wildman–Crippen LogP) is 4.84. The molecule has 0 aliphatic carbocycles. The molecular formula is C22H18ClNO4. The lowest BCUT2D eigenvalue weighted by Crippen LogP contribution is -2.15. The highest BCUT2D eigenvalue weighted by Crippen LogP contribution is 2.29. The van der Waals surface area contributed by atoms with Crippen molar-refractivity contribution in [2.45, 2.75) is 0 Å². The number of ketones is 1.